The Morgan fingerprint density at radius 2 is 1.86 bits per heavy atom. The number of rotatable bonds is 10. The molecule has 0 spiro atoms. The molecule has 0 radical (unpaired) electrons. The molecule has 0 bridgehead atoms. The summed E-state index contributed by atoms with van der Waals surface area (Å²) in [6, 6.07) is 7.45. The van der Waals surface area contributed by atoms with E-state index >= 15 is 0 Å². The molecule has 4 heteroatoms. The van der Waals surface area contributed by atoms with E-state index in [4.69, 9.17) is 4.74 Å². The Morgan fingerprint density at radius 1 is 1.19 bits per heavy atom. The molecule has 0 heterocycles. The predicted octanol–water partition coefficient (Wildman–Crippen LogP) is 3.54. The molecule has 0 saturated heterocycles. The van der Waals surface area contributed by atoms with E-state index in [0.29, 0.717) is 6.54 Å². The molecule has 0 aliphatic carbocycles. The van der Waals surface area contributed by atoms with E-state index < -0.39 is 0 Å². The Morgan fingerprint density at radius 3 is 2.43 bits per heavy atom. The maximum atomic E-state index is 12.2. The van der Waals surface area contributed by atoms with Crippen LogP contribution >= 0.6 is 0 Å². The third kappa shape index (κ3) is 7.14. The first-order valence-corrected chi connectivity index (χ1v) is 7.85. The number of ether oxygens (including phenoxy) is 1. The summed E-state index contributed by atoms with van der Waals surface area (Å²) in [7, 11) is 1.62. The van der Waals surface area contributed by atoms with Gasteiger partial charge < -0.3 is 10.1 Å². The second kappa shape index (κ2) is 10.2. The van der Waals surface area contributed by atoms with Crippen molar-refractivity contribution in [3.8, 4) is 5.75 Å². The van der Waals surface area contributed by atoms with Gasteiger partial charge in [-0.25, -0.2) is 0 Å². The van der Waals surface area contributed by atoms with Crippen LogP contribution in [0, 0.1) is 0 Å². The Hall–Kier alpha value is -1.55. The van der Waals surface area contributed by atoms with Crippen LogP contribution in [0.15, 0.2) is 24.3 Å². The van der Waals surface area contributed by atoms with Crippen LogP contribution in [0.4, 0.5) is 5.69 Å². The van der Waals surface area contributed by atoms with Gasteiger partial charge in [-0.2, -0.15) is 0 Å². The Bertz CT molecular complexity index is 413. The van der Waals surface area contributed by atoms with E-state index in [2.05, 4.69) is 24.1 Å². The molecule has 0 aliphatic rings. The van der Waals surface area contributed by atoms with Crippen LogP contribution in [0.5, 0.6) is 5.75 Å². The molecule has 4 nitrogen and oxygen atoms in total. The summed E-state index contributed by atoms with van der Waals surface area (Å²) in [5.74, 6) is 0.789. The van der Waals surface area contributed by atoms with Gasteiger partial charge in [0, 0.05) is 11.8 Å². The van der Waals surface area contributed by atoms with Crippen LogP contribution in [-0.4, -0.2) is 37.6 Å². The number of carbonyl (C=O) groups excluding carboxylic acids is 1. The quantitative estimate of drug-likeness (QED) is 0.717. The van der Waals surface area contributed by atoms with Crippen LogP contribution < -0.4 is 10.1 Å². The van der Waals surface area contributed by atoms with E-state index in [9.17, 15) is 4.79 Å². The van der Waals surface area contributed by atoms with Crippen molar-refractivity contribution in [1.82, 2.24) is 4.90 Å². The summed E-state index contributed by atoms with van der Waals surface area (Å²) < 4.78 is 5.16. The van der Waals surface area contributed by atoms with E-state index in [1.54, 1.807) is 7.11 Å². The number of carbonyl (C=O) groups is 1. The average molecular weight is 292 g/mol. The first-order valence-electron chi connectivity index (χ1n) is 7.85. The lowest BCUT2D eigenvalue weighted by atomic mass is 10.2. The maximum Gasteiger partial charge on any atom is 0.238 e. The molecule has 0 saturated carbocycles. The molecule has 1 aromatic rings. The van der Waals surface area contributed by atoms with Crippen LogP contribution in [0.25, 0.3) is 0 Å². The van der Waals surface area contributed by atoms with Crippen LogP contribution in [0.3, 0.4) is 0 Å². The third-order valence-electron chi connectivity index (χ3n) is 3.38. The standard InChI is InChI=1S/C17H28N2O2/c1-4-6-11-19(12-7-5-2)14-17(20)18-15-9-8-10-16(13-15)21-3/h8-10,13H,4-7,11-12,14H2,1-3H3,(H,18,20). The lowest BCUT2D eigenvalue weighted by molar-refractivity contribution is -0.117. The van der Waals surface area contributed by atoms with Crippen molar-refractivity contribution in [2.75, 3.05) is 32.1 Å². The van der Waals surface area contributed by atoms with Crippen molar-refractivity contribution >= 4 is 11.6 Å². The number of benzene rings is 1. The fraction of sp³-hybridized carbons (Fsp3) is 0.588. The highest BCUT2D eigenvalue weighted by atomic mass is 16.5. The lowest BCUT2D eigenvalue weighted by Gasteiger charge is -2.21. The molecule has 1 N–H and O–H groups in total. The molecule has 0 unspecified atom stereocenters. The molecule has 21 heavy (non-hydrogen) atoms. The molecular formula is C17H28N2O2. The van der Waals surface area contributed by atoms with Crippen molar-refractivity contribution < 1.29 is 9.53 Å². The molecular weight excluding hydrogens is 264 g/mol. The van der Waals surface area contributed by atoms with Crippen molar-refractivity contribution in [2.24, 2.45) is 0 Å². The number of hydrogen-bond acceptors (Lipinski definition) is 3. The summed E-state index contributed by atoms with van der Waals surface area (Å²) >= 11 is 0. The largest absolute Gasteiger partial charge is 0.497 e. The van der Waals surface area contributed by atoms with Crippen LogP contribution in [-0.2, 0) is 4.79 Å². The SMILES string of the molecule is CCCCN(CCCC)CC(=O)Nc1cccc(OC)c1. The summed E-state index contributed by atoms with van der Waals surface area (Å²) in [6.45, 7) is 6.78. The fourth-order valence-corrected chi connectivity index (χ4v) is 2.14. The lowest BCUT2D eigenvalue weighted by Crippen LogP contribution is -2.34. The molecule has 0 fully saturated rings. The Kier molecular flexibility index (Phi) is 8.51. The molecule has 1 rings (SSSR count). The third-order valence-corrected chi connectivity index (χ3v) is 3.38. The smallest absolute Gasteiger partial charge is 0.238 e. The normalized spacial score (nSPS) is 10.7. The van der Waals surface area contributed by atoms with Crippen molar-refractivity contribution in [3.63, 3.8) is 0 Å². The Labute approximate surface area is 128 Å². The van der Waals surface area contributed by atoms with E-state index in [0.717, 1.165) is 50.2 Å². The Balaban J connectivity index is 2.51. The van der Waals surface area contributed by atoms with Crippen molar-refractivity contribution in [2.45, 2.75) is 39.5 Å². The van der Waals surface area contributed by atoms with Gasteiger partial charge in [-0.1, -0.05) is 32.8 Å². The number of anilines is 1. The number of hydrogen-bond donors (Lipinski definition) is 1. The topological polar surface area (TPSA) is 41.6 Å². The van der Waals surface area contributed by atoms with Gasteiger partial charge in [0.05, 0.1) is 13.7 Å². The number of unbranched alkanes of at least 4 members (excludes halogenated alkanes) is 2. The summed E-state index contributed by atoms with van der Waals surface area (Å²) in [6.07, 6.45) is 4.58. The molecule has 0 aliphatic heterocycles. The molecule has 1 aromatic carbocycles. The van der Waals surface area contributed by atoms with Gasteiger partial charge >= 0.3 is 0 Å². The van der Waals surface area contributed by atoms with Gasteiger partial charge in [-0.05, 0) is 38.1 Å². The number of nitrogens with zero attached hydrogens (tertiary/aromatic N) is 1. The summed E-state index contributed by atoms with van der Waals surface area (Å²) in [4.78, 5) is 14.4. The minimum atomic E-state index is 0.0375. The summed E-state index contributed by atoms with van der Waals surface area (Å²) in [5.41, 5.74) is 0.783. The van der Waals surface area contributed by atoms with Gasteiger partial charge in [-0.3, -0.25) is 9.69 Å². The number of amides is 1. The minimum Gasteiger partial charge on any atom is -0.497 e. The number of methoxy groups -OCH3 is 1. The average Bonchev–Trinajstić information content (AvgIpc) is 2.50. The van der Waals surface area contributed by atoms with Crippen LogP contribution in [0.1, 0.15) is 39.5 Å². The molecule has 1 amide bonds. The van der Waals surface area contributed by atoms with Gasteiger partial charge in [0.25, 0.3) is 0 Å². The molecule has 118 valence electrons. The molecule has 0 atom stereocenters. The predicted molar refractivity (Wildman–Crippen MR) is 87.9 cm³/mol. The van der Waals surface area contributed by atoms with Gasteiger partial charge in [-0.15, -0.1) is 0 Å². The van der Waals surface area contributed by atoms with Gasteiger partial charge in [0.2, 0.25) is 5.91 Å². The zero-order chi connectivity index (χ0) is 15.5. The highest BCUT2D eigenvalue weighted by Gasteiger charge is 2.10. The van der Waals surface area contributed by atoms with Gasteiger partial charge in [0.15, 0.2) is 0 Å². The zero-order valence-electron chi connectivity index (χ0n) is 13.5. The minimum absolute atomic E-state index is 0.0375. The van der Waals surface area contributed by atoms with Crippen LogP contribution in [0.2, 0.25) is 0 Å². The second-order valence-electron chi connectivity index (χ2n) is 5.26. The monoisotopic (exact) mass is 292 g/mol. The summed E-state index contributed by atoms with van der Waals surface area (Å²) in [5, 5.41) is 2.94. The first kappa shape index (κ1) is 17.5. The highest BCUT2D eigenvalue weighted by molar-refractivity contribution is 5.92. The van der Waals surface area contributed by atoms with E-state index in [1.807, 2.05) is 24.3 Å². The zero-order valence-corrected chi connectivity index (χ0v) is 13.5. The molecule has 0 aromatic heterocycles. The fourth-order valence-electron chi connectivity index (χ4n) is 2.14. The van der Waals surface area contributed by atoms with Crippen molar-refractivity contribution in [1.29, 1.82) is 0 Å². The van der Waals surface area contributed by atoms with E-state index in [1.165, 1.54) is 0 Å². The first-order chi connectivity index (χ1) is 10.2. The maximum absolute atomic E-state index is 12.2. The number of nitrogens with one attached hydrogen (secondary N) is 1. The second-order valence-corrected chi connectivity index (χ2v) is 5.26. The van der Waals surface area contributed by atoms with E-state index in [-0.39, 0.29) is 5.91 Å². The van der Waals surface area contributed by atoms with Gasteiger partial charge in [0.1, 0.15) is 5.75 Å². The highest BCUT2D eigenvalue weighted by Crippen LogP contribution is 2.16. The van der Waals surface area contributed by atoms with Crippen molar-refractivity contribution in [3.05, 3.63) is 24.3 Å².